The Morgan fingerprint density at radius 3 is 2.63 bits per heavy atom. The van der Waals surface area contributed by atoms with E-state index in [4.69, 9.17) is 5.73 Å². The highest BCUT2D eigenvalue weighted by atomic mass is 32.1. The fourth-order valence-electron chi connectivity index (χ4n) is 3.44. The van der Waals surface area contributed by atoms with Gasteiger partial charge >= 0.3 is 0 Å². The van der Waals surface area contributed by atoms with Crippen LogP contribution < -0.4 is 5.73 Å². The maximum Gasteiger partial charge on any atom is 0.0590 e. The Hall–Kier alpha value is -0.380. The van der Waals surface area contributed by atoms with Crippen molar-refractivity contribution < 1.29 is 0 Å². The zero-order chi connectivity index (χ0) is 14.0. The lowest BCUT2D eigenvalue weighted by Gasteiger charge is -2.40. The van der Waals surface area contributed by atoms with Gasteiger partial charge in [-0.05, 0) is 51.8 Å². The molecule has 19 heavy (non-hydrogen) atoms. The first kappa shape index (κ1) is 15.0. The Kier molecular flexibility index (Phi) is 5.04. The SMILES string of the molecule is Cc1ccc(C(C(C)N)N(C)C2CCCC(C)C2)s1. The highest BCUT2D eigenvalue weighted by Gasteiger charge is 2.30. The predicted octanol–water partition coefficient (Wildman–Crippen LogP) is 3.96. The van der Waals surface area contributed by atoms with Gasteiger partial charge in [-0.2, -0.15) is 0 Å². The van der Waals surface area contributed by atoms with Crippen molar-refractivity contribution in [1.82, 2.24) is 4.90 Å². The fraction of sp³-hybridized carbons (Fsp3) is 0.750. The van der Waals surface area contributed by atoms with Crippen LogP contribution in [0.15, 0.2) is 12.1 Å². The normalized spacial score (nSPS) is 27.5. The Labute approximate surface area is 122 Å². The number of nitrogens with zero attached hydrogens (tertiary/aromatic N) is 1. The van der Waals surface area contributed by atoms with Gasteiger partial charge in [0.1, 0.15) is 0 Å². The van der Waals surface area contributed by atoms with E-state index in [9.17, 15) is 0 Å². The molecule has 2 rings (SSSR count). The third-order valence-corrected chi connectivity index (χ3v) is 5.55. The monoisotopic (exact) mass is 280 g/mol. The molecular formula is C16H28N2S. The minimum absolute atomic E-state index is 0.181. The zero-order valence-corrected chi connectivity index (χ0v) is 13.5. The molecular weight excluding hydrogens is 252 g/mol. The van der Waals surface area contributed by atoms with Crippen LogP contribution in [0, 0.1) is 12.8 Å². The van der Waals surface area contributed by atoms with E-state index in [1.54, 1.807) is 0 Å². The van der Waals surface area contributed by atoms with Crippen LogP contribution in [0.25, 0.3) is 0 Å². The summed E-state index contributed by atoms with van der Waals surface area (Å²) in [5.41, 5.74) is 6.29. The average Bonchev–Trinajstić information content (AvgIpc) is 2.75. The number of hydrogen-bond donors (Lipinski definition) is 1. The maximum atomic E-state index is 6.29. The van der Waals surface area contributed by atoms with Crippen LogP contribution in [-0.2, 0) is 0 Å². The quantitative estimate of drug-likeness (QED) is 0.904. The van der Waals surface area contributed by atoms with Gasteiger partial charge in [-0.15, -0.1) is 11.3 Å². The molecule has 0 spiro atoms. The van der Waals surface area contributed by atoms with Crippen LogP contribution >= 0.6 is 11.3 Å². The van der Waals surface area contributed by atoms with E-state index in [0.29, 0.717) is 12.1 Å². The summed E-state index contributed by atoms with van der Waals surface area (Å²) in [6, 6.07) is 5.72. The molecule has 1 heterocycles. The third kappa shape index (κ3) is 3.59. The molecule has 1 aromatic heterocycles. The van der Waals surface area contributed by atoms with Gasteiger partial charge in [0, 0.05) is 21.8 Å². The summed E-state index contributed by atoms with van der Waals surface area (Å²) in [7, 11) is 2.27. The molecule has 0 saturated heterocycles. The number of likely N-dealkylation sites (N-methyl/N-ethyl adjacent to an activating group) is 1. The molecule has 1 aliphatic carbocycles. The van der Waals surface area contributed by atoms with Gasteiger partial charge in [-0.1, -0.05) is 19.8 Å². The van der Waals surface area contributed by atoms with Crippen molar-refractivity contribution in [2.45, 2.75) is 64.6 Å². The summed E-state index contributed by atoms with van der Waals surface area (Å²) in [5, 5.41) is 0. The van der Waals surface area contributed by atoms with Gasteiger partial charge in [0.15, 0.2) is 0 Å². The van der Waals surface area contributed by atoms with Crippen LogP contribution in [0.1, 0.15) is 55.3 Å². The molecule has 0 aromatic carbocycles. The minimum atomic E-state index is 0.181. The van der Waals surface area contributed by atoms with E-state index >= 15 is 0 Å². The number of nitrogens with two attached hydrogens (primary N) is 1. The Morgan fingerprint density at radius 1 is 1.37 bits per heavy atom. The molecule has 4 unspecified atom stereocenters. The molecule has 2 nitrogen and oxygen atoms in total. The molecule has 1 fully saturated rings. The molecule has 0 aliphatic heterocycles. The number of thiophene rings is 1. The van der Waals surface area contributed by atoms with Gasteiger partial charge in [0.05, 0.1) is 6.04 Å². The first-order chi connectivity index (χ1) is 8.99. The first-order valence-corrected chi connectivity index (χ1v) is 8.34. The Morgan fingerprint density at radius 2 is 2.11 bits per heavy atom. The van der Waals surface area contributed by atoms with Gasteiger partial charge in [0.2, 0.25) is 0 Å². The van der Waals surface area contributed by atoms with Gasteiger partial charge in [0.25, 0.3) is 0 Å². The molecule has 0 bridgehead atoms. The summed E-state index contributed by atoms with van der Waals surface area (Å²) in [6.07, 6.45) is 5.41. The summed E-state index contributed by atoms with van der Waals surface area (Å²) in [5.74, 6) is 0.861. The van der Waals surface area contributed by atoms with Crippen molar-refractivity contribution in [3.63, 3.8) is 0 Å². The topological polar surface area (TPSA) is 29.3 Å². The van der Waals surface area contributed by atoms with E-state index in [1.165, 1.54) is 35.4 Å². The second-order valence-corrected chi connectivity index (χ2v) is 7.66. The molecule has 1 saturated carbocycles. The second kappa shape index (κ2) is 6.38. The molecule has 1 aromatic rings. The van der Waals surface area contributed by atoms with E-state index < -0.39 is 0 Å². The lowest BCUT2D eigenvalue weighted by atomic mass is 9.85. The van der Waals surface area contributed by atoms with Crippen LogP contribution in [0.5, 0.6) is 0 Å². The summed E-state index contributed by atoms with van der Waals surface area (Å²) in [4.78, 5) is 5.35. The predicted molar refractivity (Wildman–Crippen MR) is 84.6 cm³/mol. The van der Waals surface area contributed by atoms with Crippen LogP contribution in [0.2, 0.25) is 0 Å². The second-order valence-electron chi connectivity index (χ2n) is 6.34. The fourth-order valence-corrected chi connectivity index (χ4v) is 4.59. The summed E-state index contributed by atoms with van der Waals surface area (Å²) in [6.45, 7) is 6.70. The smallest absolute Gasteiger partial charge is 0.0590 e. The number of aryl methyl sites for hydroxylation is 1. The van der Waals surface area contributed by atoms with Gasteiger partial charge < -0.3 is 5.73 Å². The largest absolute Gasteiger partial charge is 0.326 e. The van der Waals surface area contributed by atoms with Crippen molar-refractivity contribution in [2.75, 3.05) is 7.05 Å². The van der Waals surface area contributed by atoms with Crippen molar-refractivity contribution >= 4 is 11.3 Å². The number of rotatable bonds is 4. The Bertz CT molecular complexity index is 399. The highest BCUT2D eigenvalue weighted by molar-refractivity contribution is 7.12. The first-order valence-electron chi connectivity index (χ1n) is 7.53. The lowest BCUT2D eigenvalue weighted by molar-refractivity contribution is 0.108. The van der Waals surface area contributed by atoms with Crippen molar-refractivity contribution in [3.05, 3.63) is 21.9 Å². The average molecular weight is 280 g/mol. The van der Waals surface area contributed by atoms with Gasteiger partial charge in [-0.25, -0.2) is 0 Å². The van der Waals surface area contributed by atoms with E-state index in [2.05, 4.69) is 44.9 Å². The molecule has 0 amide bonds. The molecule has 108 valence electrons. The minimum Gasteiger partial charge on any atom is -0.326 e. The summed E-state index contributed by atoms with van der Waals surface area (Å²) < 4.78 is 0. The van der Waals surface area contributed by atoms with Crippen LogP contribution in [-0.4, -0.2) is 24.0 Å². The van der Waals surface area contributed by atoms with Crippen LogP contribution in [0.4, 0.5) is 0 Å². The summed E-state index contributed by atoms with van der Waals surface area (Å²) >= 11 is 1.90. The zero-order valence-electron chi connectivity index (χ0n) is 12.7. The molecule has 1 aliphatic rings. The highest BCUT2D eigenvalue weighted by Crippen LogP contribution is 2.35. The van der Waals surface area contributed by atoms with E-state index in [0.717, 1.165) is 5.92 Å². The van der Waals surface area contributed by atoms with Crippen molar-refractivity contribution in [2.24, 2.45) is 11.7 Å². The molecule has 0 radical (unpaired) electrons. The molecule has 3 heteroatoms. The van der Waals surface area contributed by atoms with Crippen LogP contribution in [0.3, 0.4) is 0 Å². The van der Waals surface area contributed by atoms with E-state index in [-0.39, 0.29) is 6.04 Å². The van der Waals surface area contributed by atoms with E-state index in [1.807, 2.05) is 11.3 Å². The van der Waals surface area contributed by atoms with Crippen molar-refractivity contribution in [1.29, 1.82) is 0 Å². The maximum absolute atomic E-state index is 6.29. The third-order valence-electron chi connectivity index (χ3n) is 4.47. The lowest BCUT2D eigenvalue weighted by Crippen LogP contribution is -2.44. The molecule has 4 atom stereocenters. The van der Waals surface area contributed by atoms with Crippen molar-refractivity contribution in [3.8, 4) is 0 Å². The standard InChI is InChI=1S/C16H28N2S/c1-11-6-5-7-14(10-11)18(4)16(13(3)17)15-9-8-12(2)19-15/h8-9,11,13-14,16H,5-7,10,17H2,1-4H3. The Balaban J connectivity index is 2.14. The molecule has 2 N–H and O–H groups in total. The number of hydrogen-bond acceptors (Lipinski definition) is 3. The van der Waals surface area contributed by atoms with Gasteiger partial charge in [-0.3, -0.25) is 4.90 Å².